The van der Waals surface area contributed by atoms with Gasteiger partial charge >= 0.3 is 11.9 Å². The second-order valence-corrected chi connectivity index (χ2v) is 8.50. The van der Waals surface area contributed by atoms with Crippen molar-refractivity contribution < 1.29 is 28.9 Å². The van der Waals surface area contributed by atoms with Gasteiger partial charge in [0.15, 0.2) is 0 Å². The van der Waals surface area contributed by atoms with Crippen molar-refractivity contribution in [3.63, 3.8) is 0 Å². The molecule has 3 saturated heterocycles. The lowest BCUT2D eigenvalue weighted by atomic mass is 9.97. The number of hydrogen-bond acceptors (Lipinski definition) is 7. The standard InChI is InChI=1S/C24H25NO6/c1-25-19-11-17(12-20(25)22-21(19)31-22)30-24(28)18(14-5-3-2-4-6-14)13-29-23(27)15-7-9-16(26)10-8-15/h2-10,17-22,26H,11-13H2,1H3. The van der Waals surface area contributed by atoms with E-state index in [1.54, 1.807) is 0 Å². The summed E-state index contributed by atoms with van der Waals surface area (Å²) >= 11 is 0. The number of morpholine rings is 1. The van der Waals surface area contributed by atoms with E-state index in [9.17, 15) is 14.7 Å². The molecule has 0 aromatic heterocycles. The largest absolute Gasteiger partial charge is 0.508 e. The Morgan fingerprint density at radius 2 is 1.71 bits per heavy atom. The van der Waals surface area contributed by atoms with E-state index in [0.717, 1.165) is 18.4 Å². The summed E-state index contributed by atoms with van der Waals surface area (Å²) in [5, 5.41) is 9.39. The van der Waals surface area contributed by atoms with Crippen LogP contribution in [0.2, 0.25) is 0 Å². The Hall–Kier alpha value is -2.90. The van der Waals surface area contributed by atoms with Gasteiger partial charge in [0, 0.05) is 24.9 Å². The summed E-state index contributed by atoms with van der Waals surface area (Å²) in [4.78, 5) is 27.9. The molecular weight excluding hydrogens is 398 g/mol. The zero-order valence-corrected chi connectivity index (χ0v) is 17.2. The molecule has 0 saturated carbocycles. The zero-order valence-electron chi connectivity index (χ0n) is 17.2. The van der Waals surface area contributed by atoms with Gasteiger partial charge in [-0.3, -0.25) is 9.69 Å². The highest BCUT2D eigenvalue weighted by Gasteiger charge is 2.62. The number of nitrogens with zero attached hydrogens (tertiary/aromatic N) is 1. The number of piperidine rings is 1. The smallest absolute Gasteiger partial charge is 0.338 e. The molecule has 0 aliphatic carbocycles. The average Bonchev–Trinajstić information content (AvgIpc) is 3.53. The molecule has 5 atom stereocenters. The summed E-state index contributed by atoms with van der Waals surface area (Å²) < 4.78 is 17.1. The summed E-state index contributed by atoms with van der Waals surface area (Å²) in [6.45, 7) is -0.115. The second kappa shape index (κ2) is 7.98. The van der Waals surface area contributed by atoms with Crippen molar-refractivity contribution in [1.29, 1.82) is 0 Å². The third kappa shape index (κ3) is 3.91. The van der Waals surface area contributed by atoms with Crippen LogP contribution in [0.15, 0.2) is 54.6 Å². The van der Waals surface area contributed by atoms with Crippen LogP contribution in [0.4, 0.5) is 0 Å². The van der Waals surface area contributed by atoms with Gasteiger partial charge in [0.1, 0.15) is 36.6 Å². The van der Waals surface area contributed by atoms with E-state index < -0.39 is 11.9 Å². The number of ether oxygens (including phenoxy) is 3. The summed E-state index contributed by atoms with van der Waals surface area (Å²) in [5.41, 5.74) is 1.05. The fourth-order valence-corrected chi connectivity index (χ4v) is 4.87. The number of benzene rings is 2. The average molecular weight is 423 g/mol. The maximum absolute atomic E-state index is 13.1. The lowest BCUT2D eigenvalue weighted by molar-refractivity contribution is -0.156. The third-order valence-corrected chi connectivity index (χ3v) is 6.63. The molecule has 7 heteroatoms. The molecule has 3 heterocycles. The van der Waals surface area contributed by atoms with Crippen LogP contribution >= 0.6 is 0 Å². The summed E-state index contributed by atoms with van der Waals surface area (Å²) in [6.07, 6.45) is 1.91. The molecule has 3 fully saturated rings. The number of phenols is 1. The quantitative estimate of drug-likeness (QED) is 0.564. The number of aromatic hydroxyl groups is 1. The number of carbonyl (C=O) groups excluding carboxylic acids is 2. The number of phenolic OH excluding ortho intramolecular Hbond substituents is 1. The molecule has 0 spiro atoms. The highest BCUT2D eigenvalue weighted by Crippen LogP contribution is 2.48. The summed E-state index contributed by atoms with van der Waals surface area (Å²) in [5.74, 6) is -1.57. The fraction of sp³-hybridized carbons (Fsp3) is 0.417. The zero-order chi connectivity index (χ0) is 21.5. The molecule has 5 rings (SSSR count). The molecule has 162 valence electrons. The lowest BCUT2D eigenvalue weighted by Gasteiger charge is -2.38. The lowest BCUT2D eigenvalue weighted by Crippen LogP contribution is -2.48. The Bertz CT molecular complexity index is 944. The van der Waals surface area contributed by atoms with Gasteiger partial charge in [-0.25, -0.2) is 4.79 Å². The van der Waals surface area contributed by atoms with E-state index in [1.807, 2.05) is 30.3 Å². The molecule has 2 aromatic carbocycles. The molecule has 5 unspecified atom stereocenters. The van der Waals surface area contributed by atoms with Crippen molar-refractivity contribution in [3.8, 4) is 5.75 Å². The molecule has 3 aliphatic heterocycles. The first-order chi connectivity index (χ1) is 15.0. The molecule has 1 N–H and O–H groups in total. The Morgan fingerprint density at radius 3 is 2.35 bits per heavy atom. The minimum atomic E-state index is -0.703. The molecule has 7 nitrogen and oxygen atoms in total. The van der Waals surface area contributed by atoms with E-state index in [-0.39, 0.29) is 36.6 Å². The topological polar surface area (TPSA) is 88.6 Å². The minimum Gasteiger partial charge on any atom is -0.508 e. The fourth-order valence-electron chi connectivity index (χ4n) is 4.87. The van der Waals surface area contributed by atoms with Crippen molar-refractivity contribution in [2.24, 2.45) is 0 Å². The van der Waals surface area contributed by atoms with Gasteiger partial charge in [-0.05, 0) is 36.9 Å². The van der Waals surface area contributed by atoms with Gasteiger partial charge in [-0.2, -0.15) is 0 Å². The third-order valence-electron chi connectivity index (χ3n) is 6.63. The van der Waals surface area contributed by atoms with Crippen molar-refractivity contribution in [2.75, 3.05) is 13.7 Å². The second-order valence-electron chi connectivity index (χ2n) is 8.50. The number of esters is 2. The normalized spacial score (nSPS) is 29.6. The minimum absolute atomic E-state index is 0.0671. The highest BCUT2D eigenvalue weighted by molar-refractivity contribution is 5.90. The van der Waals surface area contributed by atoms with Gasteiger partial charge in [0.05, 0.1) is 5.56 Å². The predicted octanol–water partition coefficient (Wildman–Crippen LogP) is 2.49. The van der Waals surface area contributed by atoms with Crippen molar-refractivity contribution in [1.82, 2.24) is 4.90 Å². The Labute approximate surface area is 180 Å². The highest BCUT2D eigenvalue weighted by atomic mass is 16.6. The van der Waals surface area contributed by atoms with Gasteiger partial charge in [0.25, 0.3) is 0 Å². The number of hydrogen-bond donors (Lipinski definition) is 1. The molecule has 0 radical (unpaired) electrons. The SMILES string of the molecule is CN1C2CC(OC(=O)C(COC(=O)c3ccc(O)cc3)c3ccccc3)CC1C1OC12. The molecular formula is C24H25NO6. The van der Waals surface area contributed by atoms with Crippen LogP contribution in [0.25, 0.3) is 0 Å². The molecule has 3 aliphatic rings. The monoisotopic (exact) mass is 423 g/mol. The van der Waals surface area contributed by atoms with Crippen LogP contribution in [0.5, 0.6) is 5.75 Å². The molecule has 0 amide bonds. The number of rotatable bonds is 6. The van der Waals surface area contributed by atoms with E-state index in [0.29, 0.717) is 17.6 Å². The number of fused-ring (bicyclic) bond motifs is 5. The van der Waals surface area contributed by atoms with Gasteiger partial charge in [0.2, 0.25) is 0 Å². The maximum Gasteiger partial charge on any atom is 0.338 e. The van der Waals surface area contributed by atoms with E-state index in [4.69, 9.17) is 14.2 Å². The summed E-state index contributed by atoms with van der Waals surface area (Å²) in [7, 11) is 2.11. The van der Waals surface area contributed by atoms with Crippen LogP contribution < -0.4 is 0 Å². The first kappa shape index (κ1) is 20.0. The van der Waals surface area contributed by atoms with Crippen LogP contribution in [0.1, 0.15) is 34.7 Å². The molecule has 2 aromatic rings. The Kier molecular flexibility index (Phi) is 5.16. The van der Waals surface area contributed by atoms with E-state index in [2.05, 4.69) is 11.9 Å². The molecule has 2 bridgehead atoms. The van der Waals surface area contributed by atoms with Crippen molar-refractivity contribution in [3.05, 3.63) is 65.7 Å². The summed E-state index contributed by atoms with van der Waals surface area (Å²) in [6, 6.07) is 15.6. The van der Waals surface area contributed by atoms with Gasteiger partial charge < -0.3 is 19.3 Å². The van der Waals surface area contributed by atoms with Crippen LogP contribution in [0, 0.1) is 0 Å². The Balaban J connectivity index is 1.26. The van der Waals surface area contributed by atoms with Crippen LogP contribution in [-0.2, 0) is 19.0 Å². The first-order valence-electron chi connectivity index (χ1n) is 10.6. The number of carbonyl (C=O) groups is 2. The van der Waals surface area contributed by atoms with Crippen molar-refractivity contribution in [2.45, 2.75) is 49.2 Å². The van der Waals surface area contributed by atoms with Crippen LogP contribution in [-0.4, -0.2) is 66.0 Å². The van der Waals surface area contributed by atoms with Crippen molar-refractivity contribution >= 4 is 11.9 Å². The number of epoxide rings is 1. The predicted molar refractivity (Wildman–Crippen MR) is 111 cm³/mol. The number of likely N-dealkylation sites (N-methyl/N-ethyl adjacent to an activating group) is 1. The van der Waals surface area contributed by atoms with Crippen LogP contribution in [0.3, 0.4) is 0 Å². The van der Waals surface area contributed by atoms with E-state index >= 15 is 0 Å². The molecule has 31 heavy (non-hydrogen) atoms. The van der Waals surface area contributed by atoms with Gasteiger partial charge in [-0.15, -0.1) is 0 Å². The first-order valence-corrected chi connectivity index (χ1v) is 10.6. The maximum atomic E-state index is 13.1. The Morgan fingerprint density at radius 1 is 1.06 bits per heavy atom. The van der Waals surface area contributed by atoms with Gasteiger partial charge in [-0.1, -0.05) is 30.3 Å². The van der Waals surface area contributed by atoms with E-state index in [1.165, 1.54) is 24.3 Å².